The number of aliphatic carboxylic acids is 1. The van der Waals surface area contributed by atoms with Crippen molar-refractivity contribution in [3.05, 3.63) is 101 Å². The first-order valence-electron chi connectivity index (χ1n) is 23.4. The molecule has 0 aromatic heterocycles. The van der Waals surface area contributed by atoms with Gasteiger partial charge in [0.25, 0.3) is 5.91 Å². The van der Waals surface area contributed by atoms with Gasteiger partial charge in [0.15, 0.2) is 0 Å². The quantitative estimate of drug-likeness (QED) is 0.0296. The van der Waals surface area contributed by atoms with Crippen molar-refractivity contribution in [2.75, 3.05) is 26.7 Å². The van der Waals surface area contributed by atoms with Gasteiger partial charge in [0, 0.05) is 31.1 Å². The molecule has 16 heteroatoms. The lowest BCUT2D eigenvalue weighted by atomic mass is 9.94. The fourth-order valence-corrected chi connectivity index (χ4v) is 7.89. The Morgan fingerprint density at radius 3 is 1.99 bits per heavy atom. The van der Waals surface area contributed by atoms with Crippen LogP contribution < -0.4 is 27.4 Å². The number of nitrogens with zero attached hydrogens (tertiary/aromatic N) is 1. The number of phenolic OH excluding ortho intramolecular Hbond substituents is 3. The van der Waals surface area contributed by atoms with E-state index >= 15 is 0 Å². The van der Waals surface area contributed by atoms with Crippen molar-refractivity contribution in [1.29, 1.82) is 0 Å². The van der Waals surface area contributed by atoms with Gasteiger partial charge in [-0.05, 0) is 116 Å². The zero-order valence-corrected chi connectivity index (χ0v) is 39.4. The highest BCUT2D eigenvalue weighted by atomic mass is 16.4. The third-order valence-corrected chi connectivity index (χ3v) is 11.8. The Kier molecular flexibility index (Phi) is 21.5. The van der Waals surface area contributed by atoms with Crippen molar-refractivity contribution in [2.24, 2.45) is 11.5 Å². The van der Waals surface area contributed by atoms with E-state index in [9.17, 15) is 49.2 Å². The highest BCUT2D eigenvalue weighted by molar-refractivity contribution is 5.98. The maximum absolute atomic E-state index is 14.3. The number of amides is 4. The van der Waals surface area contributed by atoms with Crippen LogP contribution >= 0.6 is 0 Å². The van der Waals surface area contributed by atoms with Crippen LogP contribution in [0.2, 0.25) is 0 Å². The van der Waals surface area contributed by atoms with Gasteiger partial charge in [-0.2, -0.15) is 0 Å². The number of hydrogen-bond acceptors (Lipinski definition) is 11. The number of carbonyl (C=O) groups is 6. The fraction of sp³-hybridized carbons (Fsp3) is 0.423. The first kappa shape index (κ1) is 53.8. The van der Waals surface area contributed by atoms with Crippen LogP contribution in [0.1, 0.15) is 118 Å². The summed E-state index contributed by atoms with van der Waals surface area (Å²) in [6.07, 6.45) is 10.5. The molecule has 16 nitrogen and oxygen atoms in total. The van der Waals surface area contributed by atoms with E-state index in [-0.39, 0.29) is 77.6 Å². The predicted octanol–water partition coefficient (Wildman–Crippen LogP) is 6.02. The molecule has 0 aliphatic carbocycles. The average Bonchev–Trinajstić information content (AvgIpc) is 3.31. The van der Waals surface area contributed by atoms with E-state index in [2.05, 4.69) is 35.0 Å². The van der Waals surface area contributed by atoms with Gasteiger partial charge < -0.3 is 52.7 Å². The van der Waals surface area contributed by atoms with E-state index < -0.39 is 47.7 Å². The van der Waals surface area contributed by atoms with E-state index in [1.165, 1.54) is 107 Å². The van der Waals surface area contributed by atoms with Gasteiger partial charge in [-0.15, -0.1) is 0 Å². The van der Waals surface area contributed by atoms with Gasteiger partial charge in [-0.25, -0.2) is 0 Å². The normalized spacial score (nSPS) is 12.4. The number of carboxylic acid groups (broad SMARTS) is 1. The van der Waals surface area contributed by atoms with Crippen molar-refractivity contribution in [2.45, 2.75) is 115 Å². The third-order valence-electron chi connectivity index (χ3n) is 11.8. The van der Waals surface area contributed by atoms with Gasteiger partial charge >= 0.3 is 5.97 Å². The molecule has 3 atom stereocenters. The summed E-state index contributed by atoms with van der Waals surface area (Å²) in [5, 5.41) is 49.9. The molecule has 4 rings (SSSR count). The topological polar surface area (TPSA) is 275 Å². The number of hydrogen-bond donors (Lipinski definition) is 9. The number of nitrogens with one attached hydrogen (secondary N) is 3. The Morgan fingerprint density at radius 2 is 1.34 bits per heavy atom. The van der Waals surface area contributed by atoms with Crippen LogP contribution in [0.25, 0.3) is 22.3 Å². The molecule has 11 N–H and O–H groups in total. The predicted molar refractivity (Wildman–Crippen MR) is 261 cm³/mol. The monoisotopic (exact) mass is 936 g/mol. The fourth-order valence-electron chi connectivity index (χ4n) is 7.89. The first-order valence-corrected chi connectivity index (χ1v) is 23.4. The van der Waals surface area contributed by atoms with Crippen LogP contribution in [-0.2, 0) is 36.8 Å². The Bertz CT molecular complexity index is 2350. The lowest BCUT2D eigenvalue weighted by Gasteiger charge is -2.31. The lowest BCUT2D eigenvalue weighted by Crippen LogP contribution is -2.51. The van der Waals surface area contributed by atoms with Crippen molar-refractivity contribution in [3.63, 3.8) is 0 Å². The van der Waals surface area contributed by atoms with Gasteiger partial charge in [0.2, 0.25) is 17.7 Å². The average molecular weight is 937 g/mol. The molecule has 68 heavy (non-hydrogen) atoms. The number of aromatic hydroxyl groups is 3. The van der Waals surface area contributed by atoms with Crippen molar-refractivity contribution in [3.8, 4) is 39.5 Å². The summed E-state index contributed by atoms with van der Waals surface area (Å²) < 4.78 is 0. The number of aryl methyl sites for hydroxylation is 1. The van der Waals surface area contributed by atoms with E-state index in [1.54, 1.807) is 6.07 Å². The summed E-state index contributed by atoms with van der Waals surface area (Å²) in [7, 11) is 1.35. The molecule has 4 aromatic carbocycles. The van der Waals surface area contributed by atoms with Crippen LogP contribution in [0.5, 0.6) is 17.2 Å². The molecular formula is C52H68N6O10. The summed E-state index contributed by atoms with van der Waals surface area (Å²) in [5.41, 5.74) is 15.1. The third kappa shape index (κ3) is 16.2. The second kappa shape index (κ2) is 27.1. The molecule has 0 fully saturated rings. The Hall–Kier alpha value is -6.78. The van der Waals surface area contributed by atoms with Crippen LogP contribution in [0.4, 0.5) is 0 Å². The number of ketones is 1. The molecule has 0 spiro atoms. The number of likely N-dealkylation sites (N-methyl/N-ethyl adjacent to an activating group) is 1. The second-order valence-electron chi connectivity index (χ2n) is 17.3. The molecule has 3 unspecified atom stereocenters. The Balaban J connectivity index is 1.45. The Labute approximate surface area is 398 Å². The van der Waals surface area contributed by atoms with E-state index in [1.807, 2.05) is 12.1 Å². The number of carbonyl (C=O) groups excluding carboxylic acids is 5. The highest BCUT2D eigenvalue weighted by Crippen LogP contribution is 2.39. The molecule has 366 valence electrons. The minimum Gasteiger partial charge on any atom is -0.507 e. The molecular weight excluding hydrogens is 869 g/mol. The summed E-state index contributed by atoms with van der Waals surface area (Å²) in [6.45, 7) is 3.32. The van der Waals surface area contributed by atoms with Crippen LogP contribution in [0, 0.1) is 0 Å². The van der Waals surface area contributed by atoms with Gasteiger partial charge in [0.1, 0.15) is 41.2 Å². The van der Waals surface area contributed by atoms with Crippen LogP contribution in [0.15, 0.2) is 78.9 Å². The van der Waals surface area contributed by atoms with E-state index in [0.717, 1.165) is 28.9 Å². The number of benzene rings is 4. The molecule has 4 aromatic rings. The SMILES string of the molecule is CCCCCCCCCc1ccc(-c2ccc(C(=O)NCCC(=O)NC(CCCCN)C(=O)N(C)C(C(=O)NCC(C)=O)c3ccc(O)c(-c4cc(CC(N)C(=O)O)ccc4O)c3)c(O)c2)cc1. The molecule has 0 saturated heterocycles. The maximum atomic E-state index is 14.3. The van der Waals surface area contributed by atoms with Crippen molar-refractivity contribution in [1.82, 2.24) is 20.9 Å². The molecule has 0 heterocycles. The first-order chi connectivity index (χ1) is 32.5. The minimum atomic E-state index is -1.42. The number of nitrogens with two attached hydrogens (primary N) is 2. The van der Waals surface area contributed by atoms with Gasteiger partial charge in [-0.3, -0.25) is 28.8 Å². The lowest BCUT2D eigenvalue weighted by molar-refractivity contribution is -0.142. The van der Waals surface area contributed by atoms with E-state index in [0.29, 0.717) is 24.9 Å². The zero-order valence-electron chi connectivity index (χ0n) is 39.4. The number of Topliss-reactive ketones (excluding diaryl/α,β-unsaturated/α-hetero) is 1. The van der Waals surface area contributed by atoms with E-state index in [4.69, 9.17) is 11.5 Å². The summed E-state index contributed by atoms with van der Waals surface area (Å²) in [6, 6.07) is 17.5. The minimum absolute atomic E-state index is 0.0259. The smallest absolute Gasteiger partial charge is 0.320 e. The number of unbranched alkanes of at least 4 members (excludes halogenated alkanes) is 7. The highest BCUT2D eigenvalue weighted by Gasteiger charge is 2.34. The van der Waals surface area contributed by atoms with Gasteiger partial charge in [0.05, 0.1) is 12.1 Å². The van der Waals surface area contributed by atoms with Gasteiger partial charge in [-0.1, -0.05) is 87.9 Å². The zero-order chi connectivity index (χ0) is 49.8. The van der Waals surface area contributed by atoms with Crippen LogP contribution in [-0.4, -0.2) is 99.5 Å². The number of carboxylic acids is 1. The second-order valence-corrected chi connectivity index (χ2v) is 17.3. The van der Waals surface area contributed by atoms with Crippen LogP contribution in [0.3, 0.4) is 0 Å². The van der Waals surface area contributed by atoms with Crippen molar-refractivity contribution < 1.29 is 49.2 Å². The molecule has 0 aliphatic rings. The standard InChI is InChI=1S/C52H68N6O10/c1-4-5-6-7-8-9-10-13-34-15-18-36(19-16-34)37-20-22-39(46(62)31-37)49(64)55-27-25-47(63)57-43(14-11-12-26-53)51(66)58(3)48(50(65)56-32-33(2)59)38-21-24-45(61)41(30-38)40-28-35(17-23-44(40)60)29-42(54)52(67)68/h15-24,28,30-31,42-43,48,60-62H,4-14,25-27,29,32,53-54H2,1-3H3,(H,55,64)(H,56,65)(H,57,63)(H,67,68). The summed E-state index contributed by atoms with van der Waals surface area (Å²) in [5.74, 6) is -5.00. The largest absolute Gasteiger partial charge is 0.507 e. The number of phenols is 3. The molecule has 0 bridgehead atoms. The summed E-state index contributed by atoms with van der Waals surface area (Å²) >= 11 is 0. The molecule has 0 saturated carbocycles. The van der Waals surface area contributed by atoms with Crippen molar-refractivity contribution >= 4 is 35.4 Å². The number of rotatable bonds is 28. The molecule has 0 radical (unpaired) electrons. The maximum Gasteiger partial charge on any atom is 0.320 e. The Morgan fingerprint density at radius 1 is 0.706 bits per heavy atom. The molecule has 4 amide bonds. The molecule has 0 aliphatic heterocycles. The summed E-state index contributed by atoms with van der Waals surface area (Å²) in [4.78, 5) is 79.2.